The first kappa shape index (κ1) is 14.0. The molecule has 1 unspecified atom stereocenters. The molecule has 4 heteroatoms. The second kappa shape index (κ2) is 6.64. The first-order valence-corrected chi connectivity index (χ1v) is 6.79. The third-order valence-electron chi connectivity index (χ3n) is 2.66. The van der Waals surface area contributed by atoms with Crippen molar-refractivity contribution in [3.8, 4) is 0 Å². The third-order valence-corrected chi connectivity index (χ3v) is 3.98. The Kier molecular flexibility index (Phi) is 5.48. The van der Waals surface area contributed by atoms with Crippen LogP contribution in [0.3, 0.4) is 0 Å². The van der Waals surface area contributed by atoms with Gasteiger partial charge in [-0.3, -0.25) is 0 Å². The molecule has 0 fully saturated rings. The predicted molar refractivity (Wildman–Crippen MR) is 69.0 cm³/mol. The van der Waals surface area contributed by atoms with Gasteiger partial charge in [-0.2, -0.15) is 11.8 Å². The lowest BCUT2D eigenvalue weighted by atomic mass is 10.1. The van der Waals surface area contributed by atoms with Crippen LogP contribution >= 0.6 is 11.8 Å². The zero-order valence-electron chi connectivity index (χ0n) is 10.1. The summed E-state index contributed by atoms with van der Waals surface area (Å²) in [6.07, 6.45) is 1.12. The minimum atomic E-state index is -1.09. The maximum atomic E-state index is 13.5. The number of benzene rings is 1. The van der Waals surface area contributed by atoms with Crippen molar-refractivity contribution in [1.82, 2.24) is 0 Å². The van der Waals surface area contributed by atoms with Crippen LogP contribution in [0.4, 0.5) is 4.39 Å². The Morgan fingerprint density at radius 1 is 1.53 bits per heavy atom. The summed E-state index contributed by atoms with van der Waals surface area (Å²) >= 11 is 1.68. The minimum Gasteiger partial charge on any atom is -0.478 e. The molecule has 1 atom stereocenters. The minimum absolute atomic E-state index is 0.00169. The molecule has 1 aromatic carbocycles. The van der Waals surface area contributed by atoms with Crippen molar-refractivity contribution in [1.29, 1.82) is 0 Å². The van der Waals surface area contributed by atoms with Crippen LogP contribution in [0.1, 0.15) is 36.2 Å². The Morgan fingerprint density at radius 2 is 2.24 bits per heavy atom. The molecule has 2 nitrogen and oxygen atoms in total. The lowest BCUT2D eigenvalue weighted by Crippen LogP contribution is -2.00. The van der Waals surface area contributed by atoms with Gasteiger partial charge in [-0.05, 0) is 29.4 Å². The Balaban J connectivity index is 2.57. The van der Waals surface area contributed by atoms with Gasteiger partial charge in [0.15, 0.2) is 0 Å². The number of rotatable bonds is 6. The molecule has 1 aromatic rings. The second-order valence-electron chi connectivity index (χ2n) is 4.14. The van der Waals surface area contributed by atoms with Gasteiger partial charge >= 0.3 is 5.97 Å². The number of carbonyl (C=O) groups is 1. The number of carboxylic acid groups (broad SMARTS) is 1. The van der Waals surface area contributed by atoms with Crippen molar-refractivity contribution < 1.29 is 14.3 Å². The van der Waals surface area contributed by atoms with Gasteiger partial charge in [0.2, 0.25) is 0 Å². The molecule has 0 saturated heterocycles. The number of thioether (sulfide) groups is 1. The molecule has 0 amide bonds. The highest BCUT2D eigenvalue weighted by Crippen LogP contribution is 2.20. The van der Waals surface area contributed by atoms with Crippen LogP contribution in [0, 0.1) is 11.7 Å². The number of hydrogen-bond acceptors (Lipinski definition) is 2. The summed E-state index contributed by atoms with van der Waals surface area (Å²) in [7, 11) is 0. The van der Waals surface area contributed by atoms with Crippen LogP contribution in [0.15, 0.2) is 18.2 Å². The van der Waals surface area contributed by atoms with E-state index < -0.39 is 11.8 Å². The van der Waals surface area contributed by atoms with Crippen LogP contribution in [0.5, 0.6) is 0 Å². The van der Waals surface area contributed by atoms with E-state index in [1.165, 1.54) is 6.07 Å². The molecule has 94 valence electrons. The maximum Gasteiger partial charge on any atom is 0.335 e. The topological polar surface area (TPSA) is 37.3 Å². The highest BCUT2D eigenvalue weighted by molar-refractivity contribution is 7.98. The van der Waals surface area contributed by atoms with E-state index >= 15 is 0 Å². The van der Waals surface area contributed by atoms with E-state index in [9.17, 15) is 9.18 Å². The summed E-state index contributed by atoms with van der Waals surface area (Å²) in [4.78, 5) is 10.6. The fourth-order valence-electron chi connectivity index (χ4n) is 1.29. The number of carboxylic acids is 1. The predicted octanol–water partition coefficient (Wildman–Crippen LogP) is 3.80. The lowest BCUT2D eigenvalue weighted by molar-refractivity contribution is 0.0696. The van der Waals surface area contributed by atoms with Crippen molar-refractivity contribution in [2.24, 2.45) is 5.92 Å². The van der Waals surface area contributed by atoms with Gasteiger partial charge in [0.05, 0.1) is 5.56 Å². The van der Waals surface area contributed by atoms with Crippen LogP contribution in [0.25, 0.3) is 0 Å². The number of aromatic carboxylic acids is 1. The fraction of sp³-hybridized carbons (Fsp3) is 0.462. The van der Waals surface area contributed by atoms with Gasteiger partial charge in [0.25, 0.3) is 0 Å². The van der Waals surface area contributed by atoms with Gasteiger partial charge in [-0.1, -0.05) is 26.3 Å². The van der Waals surface area contributed by atoms with Gasteiger partial charge < -0.3 is 5.11 Å². The summed E-state index contributed by atoms with van der Waals surface area (Å²) in [5, 5.41) is 8.71. The Morgan fingerprint density at radius 3 is 2.76 bits per heavy atom. The fourth-order valence-corrected chi connectivity index (χ4v) is 2.50. The zero-order valence-corrected chi connectivity index (χ0v) is 10.9. The molecule has 0 bridgehead atoms. The molecule has 0 saturated carbocycles. The summed E-state index contributed by atoms with van der Waals surface area (Å²) in [6.45, 7) is 4.30. The largest absolute Gasteiger partial charge is 0.478 e. The summed E-state index contributed by atoms with van der Waals surface area (Å²) in [6, 6.07) is 4.09. The quantitative estimate of drug-likeness (QED) is 0.841. The van der Waals surface area contributed by atoms with E-state index in [1.54, 1.807) is 17.8 Å². The second-order valence-corrected chi connectivity index (χ2v) is 5.17. The normalized spacial score (nSPS) is 12.4. The lowest BCUT2D eigenvalue weighted by Gasteiger charge is -2.08. The Bertz CT molecular complexity index is 393. The Hall–Kier alpha value is -1.03. The molecule has 1 rings (SSSR count). The zero-order chi connectivity index (χ0) is 12.8. The van der Waals surface area contributed by atoms with Crippen molar-refractivity contribution in [3.05, 3.63) is 35.1 Å². The molecule has 0 aliphatic rings. The highest BCUT2D eigenvalue weighted by Gasteiger charge is 2.08. The molecule has 0 aliphatic carbocycles. The van der Waals surface area contributed by atoms with Crippen molar-refractivity contribution in [2.45, 2.75) is 26.0 Å². The van der Waals surface area contributed by atoms with E-state index in [0.29, 0.717) is 17.2 Å². The third kappa shape index (κ3) is 4.38. The van der Waals surface area contributed by atoms with Gasteiger partial charge in [0.1, 0.15) is 5.82 Å². The molecule has 0 radical (unpaired) electrons. The van der Waals surface area contributed by atoms with Crippen LogP contribution in [-0.2, 0) is 5.75 Å². The molecule has 17 heavy (non-hydrogen) atoms. The number of halogens is 1. The van der Waals surface area contributed by atoms with E-state index in [1.807, 2.05) is 0 Å². The Labute approximate surface area is 105 Å². The van der Waals surface area contributed by atoms with Crippen molar-refractivity contribution in [2.75, 3.05) is 5.75 Å². The molecule has 1 N–H and O–H groups in total. The van der Waals surface area contributed by atoms with Crippen LogP contribution in [0.2, 0.25) is 0 Å². The summed E-state index contributed by atoms with van der Waals surface area (Å²) < 4.78 is 13.5. The van der Waals surface area contributed by atoms with Gasteiger partial charge in [0, 0.05) is 5.75 Å². The molecule has 0 heterocycles. The van der Waals surface area contributed by atoms with E-state index in [0.717, 1.165) is 18.2 Å². The average Bonchev–Trinajstić information content (AvgIpc) is 2.30. The van der Waals surface area contributed by atoms with Crippen LogP contribution < -0.4 is 0 Å². The summed E-state index contributed by atoms with van der Waals surface area (Å²) in [5.74, 6) is 0.692. The van der Waals surface area contributed by atoms with Crippen molar-refractivity contribution >= 4 is 17.7 Å². The van der Waals surface area contributed by atoms with E-state index in [4.69, 9.17) is 5.11 Å². The standard InChI is InChI=1S/C13H17FO2S/c1-3-9(2)7-17-8-11-5-4-10(13(15)16)6-12(11)14/h4-6,9H,3,7-8H2,1-2H3,(H,15,16). The SMILES string of the molecule is CCC(C)CSCc1ccc(C(=O)O)cc1F. The average molecular weight is 256 g/mol. The summed E-state index contributed by atoms with van der Waals surface area (Å²) in [5.41, 5.74) is 0.571. The first-order valence-electron chi connectivity index (χ1n) is 5.64. The highest BCUT2D eigenvalue weighted by atomic mass is 32.2. The maximum absolute atomic E-state index is 13.5. The van der Waals surface area contributed by atoms with Crippen LogP contribution in [-0.4, -0.2) is 16.8 Å². The van der Waals surface area contributed by atoms with Crippen molar-refractivity contribution in [3.63, 3.8) is 0 Å². The molecule has 0 aromatic heterocycles. The van der Waals surface area contributed by atoms with E-state index in [2.05, 4.69) is 13.8 Å². The molecular weight excluding hydrogens is 239 g/mol. The number of hydrogen-bond donors (Lipinski definition) is 1. The molecular formula is C13H17FO2S. The first-order chi connectivity index (χ1) is 8.04. The smallest absolute Gasteiger partial charge is 0.335 e. The van der Waals surface area contributed by atoms with Gasteiger partial charge in [-0.25, -0.2) is 9.18 Å². The molecule has 0 aliphatic heterocycles. The van der Waals surface area contributed by atoms with E-state index in [-0.39, 0.29) is 5.56 Å². The molecule has 0 spiro atoms. The van der Waals surface area contributed by atoms with Gasteiger partial charge in [-0.15, -0.1) is 0 Å². The monoisotopic (exact) mass is 256 g/mol.